The van der Waals surface area contributed by atoms with Gasteiger partial charge in [0.05, 0.1) is 11.2 Å². The average Bonchev–Trinajstić information content (AvgIpc) is 2.91. The van der Waals surface area contributed by atoms with Crippen LogP contribution in [0.15, 0.2) is 71.1 Å². The second-order valence-corrected chi connectivity index (χ2v) is 11.8. The molecule has 7 heteroatoms. The Labute approximate surface area is 240 Å². The van der Waals surface area contributed by atoms with Gasteiger partial charge in [-0.3, -0.25) is 9.59 Å². The Morgan fingerprint density at radius 3 is 2.31 bits per heavy atom. The van der Waals surface area contributed by atoms with Gasteiger partial charge in [0.15, 0.2) is 0 Å². The van der Waals surface area contributed by atoms with E-state index in [1.807, 2.05) is 75.4 Å². The largest absolute Gasteiger partial charge is 0.427 e. The minimum atomic E-state index is -0.547. The van der Waals surface area contributed by atoms with E-state index in [0.717, 1.165) is 30.4 Å². The molecule has 0 bridgehead atoms. The van der Waals surface area contributed by atoms with Crippen molar-refractivity contribution in [2.75, 3.05) is 6.54 Å². The predicted octanol–water partition coefficient (Wildman–Crippen LogP) is 9.08. The van der Waals surface area contributed by atoms with Crippen molar-refractivity contribution < 1.29 is 14.3 Å². The lowest BCUT2D eigenvalue weighted by Crippen LogP contribution is -2.40. The summed E-state index contributed by atoms with van der Waals surface area (Å²) in [5.74, 6) is -0.140. The first-order valence-corrected chi connectivity index (χ1v) is 15.1. The molecule has 0 saturated heterocycles. The average molecular weight is 557 g/mol. The molecular weight excluding hydrogens is 508 g/mol. The summed E-state index contributed by atoms with van der Waals surface area (Å²) in [6.45, 7) is 8.61. The SMILES string of the molecule is C/C=C/C=C(\C=C\CCCCCCCCCC)OC(=O)CCC(=O)N(Cc1ccccc1)CC(C)(C)SN=O. The highest BCUT2D eigenvalue weighted by molar-refractivity contribution is 7.99. The van der Waals surface area contributed by atoms with E-state index >= 15 is 0 Å². The van der Waals surface area contributed by atoms with Gasteiger partial charge < -0.3 is 9.64 Å². The lowest BCUT2D eigenvalue weighted by Gasteiger charge is -2.30. The number of nitroso groups, excluding NO2 is 1. The van der Waals surface area contributed by atoms with E-state index in [0.29, 0.717) is 18.8 Å². The second-order valence-electron chi connectivity index (χ2n) is 10.4. The van der Waals surface area contributed by atoms with Crippen molar-refractivity contribution in [1.82, 2.24) is 4.90 Å². The first kappa shape index (κ1) is 34.4. The van der Waals surface area contributed by atoms with Crippen LogP contribution < -0.4 is 0 Å². The van der Waals surface area contributed by atoms with Crippen LogP contribution in [0.5, 0.6) is 0 Å². The number of unbranched alkanes of at least 4 members (excludes halogenated alkanes) is 8. The molecule has 1 amide bonds. The van der Waals surface area contributed by atoms with E-state index in [9.17, 15) is 14.5 Å². The molecule has 0 fully saturated rings. The lowest BCUT2D eigenvalue weighted by molar-refractivity contribution is -0.142. The van der Waals surface area contributed by atoms with Crippen molar-refractivity contribution in [1.29, 1.82) is 0 Å². The molecule has 0 radical (unpaired) electrons. The number of rotatable bonds is 21. The summed E-state index contributed by atoms with van der Waals surface area (Å²) in [5.41, 5.74) is 0.978. The summed E-state index contributed by atoms with van der Waals surface area (Å²) in [5, 5.41) is 0. The molecule has 1 aromatic carbocycles. The molecule has 0 spiro atoms. The smallest absolute Gasteiger partial charge is 0.311 e. The lowest BCUT2D eigenvalue weighted by atomic mass is 10.1. The second kappa shape index (κ2) is 21.2. The van der Waals surface area contributed by atoms with Gasteiger partial charge in [0, 0.05) is 36.0 Å². The molecule has 0 saturated carbocycles. The highest BCUT2D eigenvalue weighted by Crippen LogP contribution is 2.27. The first-order chi connectivity index (χ1) is 18.8. The van der Waals surface area contributed by atoms with E-state index in [2.05, 4.69) is 11.5 Å². The van der Waals surface area contributed by atoms with Gasteiger partial charge in [-0.25, -0.2) is 0 Å². The van der Waals surface area contributed by atoms with Gasteiger partial charge in [-0.05, 0) is 51.3 Å². The van der Waals surface area contributed by atoms with Crippen molar-refractivity contribution >= 4 is 23.8 Å². The summed E-state index contributed by atoms with van der Waals surface area (Å²) in [6, 6.07) is 9.66. The zero-order valence-electron chi connectivity index (χ0n) is 24.4. The number of benzene rings is 1. The Bertz CT molecular complexity index is 925. The Hall–Kier alpha value is -2.67. The van der Waals surface area contributed by atoms with E-state index < -0.39 is 10.7 Å². The van der Waals surface area contributed by atoms with Crippen LogP contribution in [0.1, 0.15) is 104 Å². The summed E-state index contributed by atoms with van der Waals surface area (Å²) in [7, 11) is 0. The van der Waals surface area contributed by atoms with Gasteiger partial charge in [0.25, 0.3) is 0 Å². The molecule has 0 heterocycles. The van der Waals surface area contributed by atoms with E-state index in [1.54, 1.807) is 11.0 Å². The van der Waals surface area contributed by atoms with Crippen LogP contribution in [0, 0.1) is 4.91 Å². The quantitative estimate of drug-likeness (QED) is 0.0377. The van der Waals surface area contributed by atoms with Crippen molar-refractivity contribution in [3.63, 3.8) is 0 Å². The van der Waals surface area contributed by atoms with Gasteiger partial charge in [0.1, 0.15) is 5.76 Å². The third-order valence-electron chi connectivity index (χ3n) is 6.16. The molecule has 0 aliphatic carbocycles. The number of carbonyl (C=O) groups is 2. The Kier molecular flexibility index (Phi) is 18.7. The number of carbonyl (C=O) groups excluding carboxylic acids is 2. The van der Waals surface area contributed by atoms with Crippen LogP contribution in [0.3, 0.4) is 0 Å². The standard InChI is InChI=1S/C32H48N2O4S/c1-5-7-9-10-11-12-13-14-15-19-23-29(22-8-6-2)38-31(36)25-24-30(35)34(27-32(3,4)39-33-37)26-28-20-17-16-18-21-28/h6,8,16-23H,5,7,9-15,24-27H2,1-4H3/b8-6+,23-19+,29-22+. The highest BCUT2D eigenvalue weighted by Gasteiger charge is 2.27. The topological polar surface area (TPSA) is 76.0 Å². The monoisotopic (exact) mass is 556 g/mol. The highest BCUT2D eigenvalue weighted by atomic mass is 32.2. The molecule has 0 atom stereocenters. The normalized spacial score (nSPS) is 12.3. The van der Waals surface area contributed by atoms with Gasteiger partial charge >= 0.3 is 5.97 Å². The maximum absolute atomic E-state index is 13.1. The van der Waals surface area contributed by atoms with Crippen LogP contribution in [0.4, 0.5) is 0 Å². The molecule has 0 aliphatic heterocycles. The van der Waals surface area contributed by atoms with Gasteiger partial charge in [-0.2, -0.15) is 0 Å². The minimum absolute atomic E-state index is 0.0251. The van der Waals surface area contributed by atoms with Gasteiger partial charge in [-0.1, -0.05) is 100 Å². The number of amides is 1. The number of hydrogen-bond acceptors (Lipinski definition) is 6. The fourth-order valence-corrected chi connectivity index (χ4v) is 4.50. The van der Waals surface area contributed by atoms with E-state index in [1.165, 1.54) is 44.9 Å². The maximum atomic E-state index is 13.1. The molecule has 0 N–H and O–H groups in total. The van der Waals surface area contributed by atoms with Crippen molar-refractivity contribution in [2.45, 2.75) is 110 Å². The van der Waals surface area contributed by atoms with Gasteiger partial charge in [0.2, 0.25) is 5.91 Å². The molecule has 0 aliphatic rings. The molecule has 0 unspecified atom stereocenters. The van der Waals surface area contributed by atoms with Crippen LogP contribution >= 0.6 is 11.9 Å². The number of esters is 1. The number of ether oxygens (including phenoxy) is 1. The predicted molar refractivity (Wildman–Crippen MR) is 164 cm³/mol. The minimum Gasteiger partial charge on any atom is -0.427 e. The molecule has 216 valence electrons. The summed E-state index contributed by atoms with van der Waals surface area (Å²) in [6.07, 6.45) is 20.5. The molecule has 1 rings (SSSR count). The van der Waals surface area contributed by atoms with Crippen molar-refractivity contribution in [3.05, 3.63) is 76.9 Å². The zero-order chi connectivity index (χ0) is 28.8. The summed E-state index contributed by atoms with van der Waals surface area (Å²) < 4.78 is 7.98. The Balaban J connectivity index is 2.61. The molecule has 6 nitrogen and oxygen atoms in total. The number of allylic oxidation sites excluding steroid dienone is 5. The van der Waals surface area contributed by atoms with E-state index in [4.69, 9.17) is 4.74 Å². The van der Waals surface area contributed by atoms with Crippen LogP contribution in [-0.4, -0.2) is 28.1 Å². The maximum Gasteiger partial charge on any atom is 0.311 e. The summed E-state index contributed by atoms with van der Waals surface area (Å²) >= 11 is 0.910. The summed E-state index contributed by atoms with van der Waals surface area (Å²) in [4.78, 5) is 38.3. The van der Waals surface area contributed by atoms with E-state index in [-0.39, 0.29) is 18.7 Å². The van der Waals surface area contributed by atoms with Crippen LogP contribution in [-0.2, 0) is 20.9 Å². The van der Waals surface area contributed by atoms with Crippen molar-refractivity contribution in [2.24, 2.45) is 4.58 Å². The Morgan fingerprint density at radius 1 is 1.00 bits per heavy atom. The fourth-order valence-electron chi connectivity index (χ4n) is 4.09. The number of hydrogen-bond donors (Lipinski definition) is 0. The molecule has 1 aromatic rings. The van der Waals surface area contributed by atoms with Gasteiger partial charge in [-0.15, -0.1) is 4.91 Å². The third-order valence-corrected chi connectivity index (χ3v) is 6.86. The number of nitrogens with zero attached hydrogens (tertiary/aromatic N) is 2. The van der Waals surface area contributed by atoms with Crippen molar-refractivity contribution in [3.8, 4) is 0 Å². The van der Waals surface area contributed by atoms with Crippen LogP contribution in [0.2, 0.25) is 0 Å². The molecule has 39 heavy (non-hydrogen) atoms. The Morgan fingerprint density at radius 2 is 1.67 bits per heavy atom. The van der Waals surface area contributed by atoms with Crippen LogP contribution in [0.25, 0.3) is 0 Å². The molecular formula is C32H48N2O4S. The zero-order valence-corrected chi connectivity index (χ0v) is 25.2. The molecule has 0 aromatic heterocycles. The fraction of sp³-hybridized carbons (Fsp3) is 0.562. The first-order valence-electron chi connectivity index (χ1n) is 14.3. The third kappa shape index (κ3) is 17.5.